The Bertz CT molecular complexity index is 463. The molecule has 0 aliphatic rings. The monoisotopic (exact) mass is 274 g/mol. The molecule has 1 rings (SSSR count). The second-order valence-electron chi connectivity index (χ2n) is 4.33. The molecule has 0 atom stereocenters. The fourth-order valence-corrected chi connectivity index (χ4v) is 1.88. The van der Waals surface area contributed by atoms with E-state index < -0.39 is 15.9 Å². The van der Waals surface area contributed by atoms with Crippen LogP contribution < -0.4 is 4.57 Å². The number of rotatable bonds is 5. The summed E-state index contributed by atoms with van der Waals surface area (Å²) in [6.07, 6.45) is 8.82. The number of imidazole rings is 1. The number of hydrogen-bond donors (Lipinski definition) is 0. The number of nitrogens with zero attached hydrogens (tertiary/aromatic N) is 2. The van der Waals surface area contributed by atoms with Crippen molar-refractivity contribution < 1.29 is 17.5 Å². The lowest BCUT2D eigenvalue weighted by molar-refractivity contribution is -0.671. The summed E-state index contributed by atoms with van der Waals surface area (Å²) in [5, 5.41) is 0. The maximum Gasteiger partial charge on any atom is 0.243 e. The Morgan fingerprint density at radius 3 is 2.39 bits per heavy atom. The molecule has 6 heteroatoms. The maximum atomic E-state index is 9.83. The zero-order chi connectivity index (χ0) is 14.2. The van der Waals surface area contributed by atoms with E-state index in [2.05, 4.69) is 41.4 Å². The van der Waals surface area contributed by atoms with Crippen LogP contribution in [0.3, 0.4) is 0 Å². The topological polar surface area (TPSA) is 66.0 Å². The highest BCUT2D eigenvalue weighted by Crippen LogP contribution is 1.92. The van der Waals surface area contributed by atoms with Crippen molar-refractivity contribution in [3.63, 3.8) is 0 Å². The summed E-state index contributed by atoms with van der Waals surface area (Å²) in [7, 11) is -2.03. The minimum Gasteiger partial charge on any atom is -0.748 e. The molecule has 0 saturated carbocycles. The molecule has 0 aliphatic heterocycles. The molecule has 0 saturated heterocycles. The molecular weight excluding hydrogens is 252 g/mol. The Balaban J connectivity index is 0.000000331. The van der Waals surface area contributed by atoms with E-state index in [9.17, 15) is 13.0 Å². The van der Waals surface area contributed by atoms with E-state index in [0.717, 1.165) is 6.54 Å². The molecule has 0 N–H and O–H groups in total. The van der Waals surface area contributed by atoms with E-state index >= 15 is 0 Å². The van der Waals surface area contributed by atoms with Gasteiger partial charge in [-0.2, -0.15) is 0 Å². The minimum absolute atomic E-state index is 0.375. The summed E-state index contributed by atoms with van der Waals surface area (Å²) < 4.78 is 33.8. The average Bonchev–Trinajstić information content (AvgIpc) is 2.58. The predicted octanol–water partition coefficient (Wildman–Crippen LogP) is 1.22. The molecular formula is C12H22N2O3S. The summed E-state index contributed by atoms with van der Waals surface area (Å²) in [6.45, 7) is 8.12. The minimum atomic E-state index is -4.07. The molecule has 1 heterocycles. The van der Waals surface area contributed by atoms with Crippen molar-refractivity contribution in [2.75, 3.05) is 5.75 Å². The quantitative estimate of drug-likeness (QED) is 0.460. The van der Waals surface area contributed by atoms with Crippen LogP contribution in [0.25, 0.3) is 0 Å². The van der Waals surface area contributed by atoms with Gasteiger partial charge in [-0.25, -0.2) is 17.6 Å². The summed E-state index contributed by atoms with van der Waals surface area (Å²) in [4.78, 5) is 0. The Labute approximate surface area is 110 Å². The lowest BCUT2D eigenvalue weighted by Crippen LogP contribution is -2.23. The summed E-state index contributed by atoms with van der Waals surface area (Å²) in [5.74, 6) is -0.451. The molecule has 1 aromatic rings. The highest BCUT2D eigenvalue weighted by atomic mass is 32.2. The molecule has 5 nitrogen and oxygen atoms in total. The third kappa shape index (κ3) is 10.0. The molecule has 0 radical (unpaired) electrons. The zero-order valence-electron chi connectivity index (χ0n) is 11.3. The highest BCUT2D eigenvalue weighted by Gasteiger charge is 1.96. The van der Waals surface area contributed by atoms with Crippen LogP contribution in [0.1, 0.15) is 26.7 Å². The molecule has 0 spiro atoms. The number of aromatic nitrogens is 2. The van der Waals surface area contributed by atoms with E-state index in [1.165, 1.54) is 19.8 Å². The zero-order valence-corrected chi connectivity index (χ0v) is 12.1. The Morgan fingerprint density at radius 2 is 2.11 bits per heavy atom. The first kappa shape index (κ1) is 16.9. The van der Waals surface area contributed by atoms with Crippen LogP contribution in [-0.4, -0.2) is 23.3 Å². The Morgan fingerprint density at radius 1 is 1.50 bits per heavy atom. The smallest absolute Gasteiger partial charge is 0.243 e. The standard InChI is InChI=1S/C8H15N2.C4H8O3S/c1-3-4-5-10-7-6-9(2)8-10;1-4(2)3-8(5,6)7/h6-8H,3-5H2,1-2H3;1,3H2,2H3,(H,5,6,7)/q+1;/p-1. The first-order valence-electron chi connectivity index (χ1n) is 5.83. The maximum absolute atomic E-state index is 9.83. The van der Waals surface area contributed by atoms with Gasteiger partial charge in [0.2, 0.25) is 6.33 Å². The van der Waals surface area contributed by atoms with Crippen LogP contribution in [0.5, 0.6) is 0 Å². The third-order valence-electron chi connectivity index (χ3n) is 2.02. The fraction of sp³-hybridized carbons (Fsp3) is 0.583. The Hall–Kier alpha value is -1.14. The van der Waals surface area contributed by atoms with Crippen molar-refractivity contribution in [2.45, 2.75) is 33.2 Å². The SMILES string of the molecule is C=C(C)CS(=O)(=O)[O-].CCCCn1cc[n+](C)c1. The van der Waals surface area contributed by atoms with Crippen LogP contribution in [0, 0.1) is 0 Å². The largest absolute Gasteiger partial charge is 0.748 e. The molecule has 0 fully saturated rings. The molecule has 0 unspecified atom stereocenters. The van der Waals surface area contributed by atoms with E-state index in [1.54, 1.807) is 0 Å². The normalized spacial score (nSPS) is 10.7. The first-order valence-corrected chi connectivity index (χ1v) is 7.41. The second kappa shape index (κ2) is 8.05. The van der Waals surface area contributed by atoms with E-state index in [4.69, 9.17) is 0 Å². The van der Waals surface area contributed by atoms with Crippen molar-refractivity contribution in [1.82, 2.24) is 4.57 Å². The van der Waals surface area contributed by atoms with Gasteiger partial charge >= 0.3 is 0 Å². The van der Waals surface area contributed by atoms with Crippen LogP contribution in [-0.2, 0) is 23.7 Å². The number of unbranched alkanes of at least 4 members (excludes halogenated alkanes) is 1. The summed E-state index contributed by atoms with van der Waals surface area (Å²) >= 11 is 0. The second-order valence-corrected chi connectivity index (χ2v) is 5.73. The van der Waals surface area contributed by atoms with Gasteiger partial charge in [-0.05, 0) is 13.3 Å². The molecule has 0 aliphatic carbocycles. The summed E-state index contributed by atoms with van der Waals surface area (Å²) in [6, 6.07) is 0. The van der Waals surface area contributed by atoms with Crippen LogP contribution in [0.4, 0.5) is 0 Å². The van der Waals surface area contributed by atoms with Crippen LogP contribution >= 0.6 is 0 Å². The van der Waals surface area contributed by atoms with Gasteiger partial charge in [-0.15, -0.1) is 0 Å². The van der Waals surface area contributed by atoms with Crippen LogP contribution in [0.2, 0.25) is 0 Å². The van der Waals surface area contributed by atoms with Crippen molar-refractivity contribution in [3.8, 4) is 0 Å². The van der Waals surface area contributed by atoms with Gasteiger partial charge in [0.15, 0.2) is 0 Å². The number of hydrogen-bond acceptors (Lipinski definition) is 3. The van der Waals surface area contributed by atoms with Crippen molar-refractivity contribution in [3.05, 3.63) is 30.9 Å². The average molecular weight is 274 g/mol. The lowest BCUT2D eigenvalue weighted by Gasteiger charge is -2.03. The fourth-order valence-electron chi connectivity index (χ4n) is 1.28. The van der Waals surface area contributed by atoms with Gasteiger partial charge in [0, 0.05) is 0 Å². The van der Waals surface area contributed by atoms with Gasteiger partial charge in [-0.1, -0.05) is 25.5 Å². The molecule has 0 bridgehead atoms. The molecule has 1 aromatic heterocycles. The molecule has 18 heavy (non-hydrogen) atoms. The predicted molar refractivity (Wildman–Crippen MR) is 69.9 cm³/mol. The molecule has 0 amide bonds. The lowest BCUT2D eigenvalue weighted by atomic mass is 10.3. The van der Waals surface area contributed by atoms with Crippen molar-refractivity contribution >= 4 is 10.1 Å². The van der Waals surface area contributed by atoms with Crippen LogP contribution in [0.15, 0.2) is 30.9 Å². The number of aryl methyl sites for hydroxylation is 2. The van der Waals surface area contributed by atoms with Crippen molar-refractivity contribution in [2.24, 2.45) is 7.05 Å². The summed E-state index contributed by atoms with van der Waals surface area (Å²) in [5.41, 5.74) is 0.375. The van der Waals surface area contributed by atoms with Gasteiger partial charge < -0.3 is 4.55 Å². The van der Waals surface area contributed by atoms with E-state index in [-0.39, 0.29) is 0 Å². The van der Waals surface area contributed by atoms with Crippen molar-refractivity contribution in [1.29, 1.82) is 0 Å². The van der Waals surface area contributed by atoms with Gasteiger partial charge in [0.05, 0.1) is 29.5 Å². The van der Waals surface area contributed by atoms with Gasteiger partial charge in [0.25, 0.3) is 0 Å². The third-order valence-corrected chi connectivity index (χ3v) is 2.86. The van der Waals surface area contributed by atoms with Gasteiger partial charge in [-0.3, -0.25) is 0 Å². The highest BCUT2D eigenvalue weighted by molar-refractivity contribution is 7.85. The van der Waals surface area contributed by atoms with E-state index in [0.29, 0.717) is 5.57 Å². The Kier molecular flexibility index (Phi) is 7.54. The molecule has 0 aromatic carbocycles. The van der Waals surface area contributed by atoms with Gasteiger partial charge in [0.1, 0.15) is 12.4 Å². The van der Waals surface area contributed by atoms with E-state index in [1.807, 2.05) is 7.05 Å². The first-order chi connectivity index (χ1) is 8.24. The molecule has 104 valence electrons.